The first-order valence-electron chi connectivity index (χ1n) is 9.82. The summed E-state index contributed by atoms with van der Waals surface area (Å²) in [7, 11) is 0. The molecule has 0 aliphatic heterocycles. The van der Waals surface area contributed by atoms with Crippen LogP contribution >= 0.6 is 34.2 Å². The van der Waals surface area contributed by atoms with Crippen molar-refractivity contribution >= 4 is 40.2 Å². The lowest BCUT2D eigenvalue weighted by Gasteiger charge is -2.25. The van der Waals surface area contributed by atoms with Gasteiger partial charge in [0.1, 0.15) is 23.5 Å². The fourth-order valence-electron chi connectivity index (χ4n) is 3.11. The van der Waals surface area contributed by atoms with Crippen LogP contribution in [0, 0.1) is 12.3 Å². The molecule has 1 atom stereocenters. The third kappa shape index (κ3) is 5.43. The van der Waals surface area contributed by atoms with E-state index in [-0.39, 0.29) is 17.5 Å². The van der Waals surface area contributed by atoms with Gasteiger partial charge in [0.2, 0.25) is 5.88 Å². The summed E-state index contributed by atoms with van der Waals surface area (Å²) in [5.74, 6) is -0.592. The number of aromatic amines is 1. The number of aromatic nitrogens is 3. The summed E-state index contributed by atoms with van der Waals surface area (Å²) < 4.78 is 44.6. The van der Waals surface area contributed by atoms with E-state index in [0.29, 0.717) is 27.9 Å². The molecule has 0 bridgehead atoms. The van der Waals surface area contributed by atoms with Gasteiger partial charge in [-0.1, -0.05) is 47.2 Å². The average Bonchev–Trinajstić information content (AvgIpc) is 3.25. The molecule has 3 aromatic rings. The first-order chi connectivity index (χ1) is 15.5. The first-order valence-corrected chi connectivity index (χ1v) is 11.7. The number of carboxylic acid groups (broad SMARTS) is 1. The van der Waals surface area contributed by atoms with E-state index in [1.54, 1.807) is 37.4 Å². The molecule has 0 fully saturated rings. The van der Waals surface area contributed by atoms with Crippen LogP contribution in [-0.2, 0) is 11.0 Å². The van der Waals surface area contributed by atoms with Crippen molar-refractivity contribution in [3.8, 4) is 28.4 Å². The molecule has 0 aliphatic carbocycles. The zero-order chi connectivity index (χ0) is 24.4. The van der Waals surface area contributed by atoms with Crippen LogP contribution in [-0.4, -0.2) is 37.1 Å². The maximum atomic E-state index is 12.8. The third-order valence-corrected chi connectivity index (χ3v) is 7.16. The van der Waals surface area contributed by atoms with Crippen molar-refractivity contribution in [2.45, 2.75) is 26.4 Å². The Labute approximate surface area is 206 Å². The molecule has 0 saturated carbocycles. The molecule has 0 spiro atoms. The van der Waals surface area contributed by atoms with Crippen LogP contribution < -0.4 is 4.74 Å². The van der Waals surface area contributed by atoms with Crippen molar-refractivity contribution in [2.24, 2.45) is 5.41 Å². The van der Waals surface area contributed by atoms with Crippen molar-refractivity contribution in [1.29, 1.82) is 0 Å². The lowest BCUT2D eigenvalue weighted by molar-refractivity contribution is -0.149. The van der Waals surface area contributed by atoms with Gasteiger partial charge in [-0.05, 0) is 36.6 Å². The van der Waals surface area contributed by atoms with E-state index in [0.717, 1.165) is 17.3 Å². The van der Waals surface area contributed by atoms with Gasteiger partial charge in [-0.3, -0.25) is 4.79 Å². The number of aliphatic carboxylic acids is 1. The van der Waals surface area contributed by atoms with E-state index in [2.05, 4.69) is 15.0 Å². The number of alkyl halides is 4. The van der Waals surface area contributed by atoms with Gasteiger partial charge in [-0.25, -0.2) is 9.97 Å². The number of hydrogen-bond acceptors (Lipinski definition) is 4. The van der Waals surface area contributed by atoms with Gasteiger partial charge in [0, 0.05) is 27.8 Å². The van der Waals surface area contributed by atoms with Crippen LogP contribution in [0.4, 0.5) is 13.2 Å². The highest BCUT2D eigenvalue weighted by Crippen LogP contribution is 2.35. The van der Waals surface area contributed by atoms with Crippen LogP contribution in [0.15, 0.2) is 36.7 Å². The monoisotopic (exact) mass is 593 g/mol. The highest BCUT2D eigenvalue weighted by molar-refractivity contribution is 14.1. The second-order valence-corrected chi connectivity index (χ2v) is 8.71. The number of carbonyl (C=O) groups is 1. The van der Waals surface area contributed by atoms with Gasteiger partial charge in [0.15, 0.2) is 0 Å². The number of halogens is 5. The highest BCUT2D eigenvalue weighted by Gasteiger charge is 2.37. The fraction of sp³-hybridized carbons (Fsp3) is 0.318. The topological polar surface area (TPSA) is 88.1 Å². The number of benzene rings is 1. The van der Waals surface area contributed by atoms with Crippen LogP contribution in [0.1, 0.15) is 24.6 Å². The number of imidazole rings is 1. The number of pyridine rings is 1. The van der Waals surface area contributed by atoms with Gasteiger partial charge in [0.25, 0.3) is 0 Å². The second kappa shape index (κ2) is 9.88. The molecule has 1 aromatic carbocycles. The largest absolute Gasteiger partial charge is 0.481 e. The summed E-state index contributed by atoms with van der Waals surface area (Å²) in [5.41, 5.74) is 0.670. The molecule has 3 rings (SSSR count). The van der Waals surface area contributed by atoms with Crippen molar-refractivity contribution in [2.75, 3.05) is 11.0 Å². The number of H-pyrrole nitrogens is 1. The average molecular weight is 594 g/mol. The summed E-state index contributed by atoms with van der Waals surface area (Å²) in [5, 5.41) is 9.77. The molecule has 1 unspecified atom stereocenters. The lowest BCUT2D eigenvalue weighted by Crippen LogP contribution is -2.38. The molecular formula is C22H20ClF3IN3O3. The van der Waals surface area contributed by atoms with Gasteiger partial charge in [-0.15, -0.1) is 0 Å². The van der Waals surface area contributed by atoms with Crippen LogP contribution in [0.2, 0.25) is 5.02 Å². The maximum absolute atomic E-state index is 12.8. The summed E-state index contributed by atoms with van der Waals surface area (Å²) in [6.07, 6.45) is -1.79. The minimum absolute atomic E-state index is 0.00283. The Morgan fingerprint density at radius 3 is 2.45 bits per heavy atom. The van der Waals surface area contributed by atoms with E-state index >= 15 is 0 Å². The Hall–Kier alpha value is -2.34. The standard InChI is InChI=1S/C22H20ClF3IN3O3/c1-3-21(10-27,20(31)32)11-33-18-6-12(2)15(8-28-18)13-4-5-14(16(23)7-13)19-29-9-17(30-19)22(24,25)26/h4-9H,3,10-11H2,1-2H3,(H,29,30)(H,31,32). The number of hydrogen-bond donors (Lipinski definition) is 2. The Bertz CT molecular complexity index is 1160. The zero-order valence-corrected chi connectivity index (χ0v) is 20.5. The Kier molecular flexibility index (Phi) is 7.57. The summed E-state index contributed by atoms with van der Waals surface area (Å²) in [6, 6.07) is 6.63. The molecule has 176 valence electrons. The Balaban J connectivity index is 1.82. The third-order valence-electron chi connectivity index (χ3n) is 5.38. The zero-order valence-electron chi connectivity index (χ0n) is 17.6. The summed E-state index contributed by atoms with van der Waals surface area (Å²) in [4.78, 5) is 21.9. The SMILES string of the molecule is CCC(CI)(COc1cc(C)c(-c2ccc(-c3ncc(C(F)(F)F)[nH]3)c(Cl)c2)cn1)C(=O)O. The van der Waals surface area contributed by atoms with Gasteiger partial charge in [0.05, 0.1) is 11.2 Å². The van der Waals surface area contributed by atoms with E-state index < -0.39 is 23.3 Å². The smallest absolute Gasteiger partial charge is 0.432 e. The maximum Gasteiger partial charge on any atom is 0.432 e. The molecular weight excluding hydrogens is 574 g/mol. The number of carboxylic acids is 1. The number of rotatable bonds is 8. The highest BCUT2D eigenvalue weighted by atomic mass is 127. The van der Waals surface area contributed by atoms with E-state index in [9.17, 15) is 23.1 Å². The number of nitrogens with one attached hydrogen (secondary N) is 1. The van der Waals surface area contributed by atoms with Gasteiger partial charge >= 0.3 is 12.1 Å². The number of aryl methyl sites for hydroxylation is 1. The van der Waals surface area contributed by atoms with Crippen LogP contribution in [0.5, 0.6) is 5.88 Å². The van der Waals surface area contributed by atoms with Crippen molar-refractivity contribution < 1.29 is 27.8 Å². The molecule has 0 aliphatic rings. The van der Waals surface area contributed by atoms with Gasteiger partial charge in [-0.2, -0.15) is 13.2 Å². The van der Waals surface area contributed by atoms with Crippen molar-refractivity contribution in [1.82, 2.24) is 15.0 Å². The van der Waals surface area contributed by atoms with Crippen LogP contribution in [0.3, 0.4) is 0 Å². The molecule has 0 amide bonds. The predicted molar refractivity (Wildman–Crippen MR) is 127 cm³/mol. The molecule has 0 radical (unpaired) electrons. The number of nitrogens with zero attached hydrogens (tertiary/aromatic N) is 2. The molecule has 11 heteroatoms. The van der Waals surface area contributed by atoms with E-state index in [4.69, 9.17) is 16.3 Å². The second-order valence-electron chi connectivity index (χ2n) is 7.54. The molecule has 6 nitrogen and oxygen atoms in total. The molecule has 0 saturated heterocycles. The van der Waals surface area contributed by atoms with Crippen molar-refractivity contribution in [3.05, 3.63) is 52.9 Å². The summed E-state index contributed by atoms with van der Waals surface area (Å²) in [6.45, 7) is 3.64. The molecule has 33 heavy (non-hydrogen) atoms. The number of ether oxygens (including phenoxy) is 1. The molecule has 2 aromatic heterocycles. The quantitative estimate of drug-likeness (QED) is 0.233. The first kappa shape index (κ1) is 25.3. The van der Waals surface area contributed by atoms with Gasteiger partial charge < -0.3 is 14.8 Å². The Morgan fingerprint density at radius 2 is 1.94 bits per heavy atom. The minimum Gasteiger partial charge on any atom is -0.481 e. The van der Waals surface area contributed by atoms with Crippen LogP contribution in [0.25, 0.3) is 22.5 Å². The molecule has 2 N–H and O–H groups in total. The van der Waals surface area contributed by atoms with E-state index in [1.165, 1.54) is 0 Å². The van der Waals surface area contributed by atoms with Crippen molar-refractivity contribution in [3.63, 3.8) is 0 Å². The molecule has 2 heterocycles. The fourth-order valence-corrected chi connectivity index (χ4v) is 4.46. The lowest BCUT2D eigenvalue weighted by atomic mass is 9.89. The normalized spacial score (nSPS) is 13.5. The summed E-state index contributed by atoms with van der Waals surface area (Å²) >= 11 is 8.38. The predicted octanol–water partition coefficient (Wildman–Crippen LogP) is 6.41. The Morgan fingerprint density at radius 1 is 1.21 bits per heavy atom. The van der Waals surface area contributed by atoms with E-state index in [1.807, 2.05) is 29.5 Å². The minimum atomic E-state index is -4.53.